The highest BCUT2D eigenvalue weighted by Crippen LogP contribution is 2.28. The van der Waals surface area contributed by atoms with Crippen LogP contribution in [0.2, 0.25) is 0 Å². The fraction of sp³-hybridized carbons (Fsp3) is 0.333. The summed E-state index contributed by atoms with van der Waals surface area (Å²) in [6.45, 7) is 3.42. The van der Waals surface area contributed by atoms with Gasteiger partial charge in [0.1, 0.15) is 0 Å². The molecule has 0 amide bonds. The topological polar surface area (TPSA) is 44.1 Å². The molecule has 104 valence electrons. The van der Waals surface area contributed by atoms with E-state index in [0.717, 1.165) is 40.7 Å². The summed E-state index contributed by atoms with van der Waals surface area (Å²) in [6, 6.07) is 6.01. The van der Waals surface area contributed by atoms with Crippen LogP contribution in [0.3, 0.4) is 0 Å². The van der Waals surface area contributed by atoms with Gasteiger partial charge >= 0.3 is 0 Å². The number of rotatable bonds is 3. The maximum atomic E-state index is 11.3. The Kier molecular flexibility index (Phi) is 3.72. The molecule has 1 fully saturated rings. The van der Waals surface area contributed by atoms with E-state index >= 15 is 0 Å². The molecule has 0 N–H and O–H groups in total. The fourth-order valence-electron chi connectivity index (χ4n) is 2.56. The van der Waals surface area contributed by atoms with Crippen molar-refractivity contribution in [3.8, 4) is 5.69 Å². The summed E-state index contributed by atoms with van der Waals surface area (Å²) in [5.41, 5.74) is 3.60. The predicted molar refractivity (Wildman–Crippen MR) is 79.6 cm³/mol. The average Bonchev–Trinajstić information content (AvgIpc) is 3.07. The lowest BCUT2D eigenvalue weighted by molar-refractivity contribution is 0.112. The Labute approximate surface area is 125 Å². The van der Waals surface area contributed by atoms with E-state index in [1.807, 2.05) is 25.1 Å². The molecule has 0 aliphatic carbocycles. The van der Waals surface area contributed by atoms with Crippen LogP contribution in [0.4, 0.5) is 0 Å². The quantitative estimate of drug-likeness (QED) is 0.809. The van der Waals surface area contributed by atoms with Gasteiger partial charge in [-0.2, -0.15) is 5.10 Å². The zero-order valence-corrected chi connectivity index (χ0v) is 12.8. The van der Waals surface area contributed by atoms with E-state index in [1.165, 1.54) is 0 Å². The standard InChI is InChI=1S/C15H15BrN2O2/c1-10-6-13(16)2-3-14(10)18-7-12(8-19)15(17-18)11-4-5-20-9-11/h2-3,6-8,11H,4-5,9H2,1H3. The number of hydrogen-bond donors (Lipinski definition) is 0. The highest BCUT2D eigenvalue weighted by molar-refractivity contribution is 9.10. The molecule has 20 heavy (non-hydrogen) atoms. The molecule has 3 rings (SSSR count). The molecule has 1 atom stereocenters. The predicted octanol–water partition coefficient (Wildman–Crippen LogP) is 3.26. The maximum Gasteiger partial charge on any atom is 0.153 e. The molecule has 5 heteroatoms. The summed E-state index contributed by atoms with van der Waals surface area (Å²) in [7, 11) is 0. The van der Waals surface area contributed by atoms with Crippen LogP contribution in [0.5, 0.6) is 0 Å². The Morgan fingerprint density at radius 2 is 2.35 bits per heavy atom. The van der Waals surface area contributed by atoms with Crippen molar-refractivity contribution in [1.29, 1.82) is 0 Å². The van der Waals surface area contributed by atoms with Crippen LogP contribution in [0.15, 0.2) is 28.9 Å². The van der Waals surface area contributed by atoms with Crippen LogP contribution < -0.4 is 0 Å². The Morgan fingerprint density at radius 1 is 1.50 bits per heavy atom. The van der Waals surface area contributed by atoms with Gasteiger partial charge < -0.3 is 4.74 Å². The van der Waals surface area contributed by atoms with Gasteiger partial charge in [0.2, 0.25) is 0 Å². The van der Waals surface area contributed by atoms with E-state index in [1.54, 1.807) is 10.9 Å². The van der Waals surface area contributed by atoms with Crippen LogP contribution in [0, 0.1) is 6.92 Å². The molecule has 1 aliphatic heterocycles. The molecule has 0 radical (unpaired) electrons. The zero-order valence-electron chi connectivity index (χ0n) is 11.2. The van der Waals surface area contributed by atoms with Gasteiger partial charge in [-0.15, -0.1) is 0 Å². The van der Waals surface area contributed by atoms with Crippen LogP contribution >= 0.6 is 15.9 Å². The molecular weight excluding hydrogens is 320 g/mol. The number of aldehydes is 1. The third kappa shape index (κ3) is 2.43. The van der Waals surface area contributed by atoms with Crippen molar-refractivity contribution in [2.75, 3.05) is 13.2 Å². The van der Waals surface area contributed by atoms with Crippen molar-refractivity contribution in [3.05, 3.63) is 45.7 Å². The van der Waals surface area contributed by atoms with E-state index in [2.05, 4.69) is 21.0 Å². The fourth-order valence-corrected chi connectivity index (χ4v) is 3.03. The van der Waals surface area contributed by atoms with Crippen LogP contribution in [-0.4, -0.2) is 29.3 Å². The smallest absolute Gasteiger partial charge is 0.153 e. The molecular formula is C15H15BrN2O2. The van der Waals surface area contributed by atoms with Gasteiger partial charge in [-0.05, 0) is 37.1 Å². The summed E-state index contributed by atoms with van der Waals surface area (Å²) in [6.07, 6.45) is 3.61. The third-order valence-corrected chi connectivity index (χ3v) is 4.11. The molecule has 1 aliphatic rings. The maximum absolute atomic E-state index is 11.3. The molecule has 2 aromatic rings. The van der Waals surface area contributed by atoms with Crippen molar-refractivity contribution in [2.24, 2.45) is 0 Å². The summed E-state index contributed by atoms with van der Waals surface area (Å²) in [4.78, 5) is 11.3. The van der Waals surface area contributed by atoms with Crippen molar-refractivity contribution >= 4 is 22.2 Å². The number of nitrogens with zero attached hydrogens (tertiary/aromatic N) is 2. The van der Waals surface area contributed by atoms with Gasteiger partial charge in [-0.3, -0.25) is 4.79 Å². The second kappa shape index (κ2) is 5.50. The Hall–Kier alpha value is -1.46. The molecule has 1 saturated heterocycles. The number of carbonyl (C=O) groups is 1. The van der Waals surface area contributed by atoms with Crippen LogP contribution in [-0.2, 0) is 4.74 Å². The molecule has 0 spiro atoms. The van der Waals surface area contributed by atoms with Crippen molar-refractivity contribution in [2.45, 2.75) is 19.3 Å². The minimum Gasteiger partial charge on any atom is -0.381 e. The molecule has 1 aromatic heterocycles. The van der Waals surface area contributed by atoms with E-state index in [9.17, 15) is 4.79 Å². The number of aryl methyl sites for hydroxylation is 1. The van der Waals surface area contributed by atoms with Gasteiger partial charge in [-0.25, -0.2) is 4.68 Å². The van der Waals surface area contributed by atoms with Gasteiger partial charge in [0.25, 0.3) is 0 Å². The third-order valence-electron chi connectivity index (χ3n) is 3.62. The lowest BCUT2D eigenvalue weighted by Gasteiger charge is -2.07. The van der Waals surface area contributed by atoms with Crippen LogP contribution in [0.25, 0.3) is 5.69 Å². The minimum absolute atomic E-state index is 0.229. The van der Waals surface area contributed by atoms with Crippen molar-refractivity contribution < 1.29 is 9.53 Å². The van der Waals surface area contributed by atoms with E-state index < -0.39 is 0 Å². The first-order chi connectivity index (χ1) is 9.69. The minimum atomic E-state index is 0.229. The highest BCUT2D eigenvalue weighted by Gasteiger charge is 2.24. The largest absolute Gasteiger partial charge is 0.381 e. The second-order valence-electron chi connectivity index (χ2n) is 5.02. The summed E-state index contributed by atoms with van der Waals surface area (Å²) >= 11 is 3.45. The number of ether oxygens (including phenoxy) is 1. The lowest BCUT2D eigenvalue weighted by atomic mass is 10.0. The van der Waals surface area contributed by atoms with Gasteiger partial charge in [0.05, 0.1) is 23.6 Å². The Morgan fingerprint density at radius 3 is 3.00 bits per heavy atom. The monoisotopic (exact) mass is 334 g/mol. The van der Waals surface area contributed by atoms with Crippen molar-refractivity contribution in [3.63, 3.8) is 0 Å². The molecule has 0 saturated carbocycles. The molecule has 0 bridgehead atoms. The average molecular weight is 335 g/mol. The Balaban J connectivity index is 2.04. The van der Waals surface area contributed by atoms with E-state index in [4.69, 9.17) is 4.74 Å². The molecule has 2 heterocycles. The number of hydrogen-bond acceptors (Lipinski definition) is 3. The summed E-state index contributed by atoms with van der Waals surface area (Å²) < 4.78 is 8.22. The first kappa shape index (κ1) is 13.5. The zero-order chi connectivity index (χ0) is 14.1. The van der Waals surface area contributed by atoms with Crippen LogP contribution in [0.1, 0.15) is 34.0 Å². The molecule has 4 nitrogen and oxygen atoms in total. The first-order valence-electron chi connectivity index (χ1n) is 6.58. The second-order valence-corrected chi connectivity index (χ2v) is 5.94. The van der Waals surface area contributed by atoms with E-state index in [-0.39, 0.29) is 5.92 Å². The highest BCUT2D eigenvalue weighted by atomic mass is 79.9. The number of aromatic nitrogens is 2. The normalized spacial score (nSPS) is 18.4. The summed E-state index contributed by atoms with van der Waals surface area (Å²) in [5, 5.41) is 4.61. The van der Waals surface area contributed by atoms with E-state index in [0.29, 0.717) is 12.2 Å². The number of halogens is 1. The van der Waals surface area contributed by atoms with Gasteiger partial charge in [0, 0.05) is 23.2 Å². The lowest BCUT2D eigenvalue weighted by Crippen LogP contribution is -2.03. The van der Waals surface area contributed by atoms with Gasteiger partial charge in [-0.1, -0.05) is 15.9 Å². The Bertz CT molecular complexity index is 645. The summed E-state index contributed by atoms with van der Waals surface area (Å²) in [5.74, 6) is 0.229. The molecule has 1 unspecified atom stereocenters. The number of benzene rings is 1. The first-order valence-corrected chi connectivity index (χ1v) is 7.37. The van der Waals surface area contributed by atoms with Gasteiger partial charge in [0.15, 0.2) is 6.29 Å². The number of carbonyl (C=O) groups excluding carboxylic acids is 1. The van der Waals surface area contributed by atoms with Crippen molar-refractivity contribution in [1.82, 2.24) is 9.78 Å². The SMILES string of the molecule is Cc1cc(Br)ccc1-n1cc(C=O)c(C2CCOC2)n1. The molecule has 1 aromatic carbocycles.